The standard InChI is InChI=1S/2C20H18FN3O3/c2*1-27-15-5-6-18-16(8-15)19(12-3-2-4-13(21)7-12)17(9-22)20(24-18)23-10-14(26)11-25/h2*2-8,14,25-26H,10-11H2,1H3,(H,23,24)/t2*14-/m10/s1. The third-order valence-corrected chi connectivity index (χ3v) is 8.27. The van der Waals surface area contributed by atoms with Crippen LogP contribution in [0.15, 0.2) is 84.9 Å². The van der Waals surface area contributed by atoms with Gasteiger partial charge >= 0.3 is 0 Å². The Morgan fingerprint density at radius 3 is 1.39 bits per heavy atom. The van der Waals surface area contributed by atoms with Crippen LogP contribution < -0.4 is 20.1 Å². The lowest BCUT2D eigenvalue weighted by atomic mass is 9.95. The highest BCUT2D eigenvalue weighted by Gasteiger charge is 2.20. The Bertz CT molecular complexity index is 2200. The number of halogens is 2. The van der Waals surface area contributed by atoms with Gasteiger partial charge in [-0.3, -0.25) is 0 Å². The van der Waals surface area contributed by atoms with Crippen LogP contribution in [-0.4, -0.2) is 83.1 Å². The molecule has 12 nitrogen and oxygen atoms in total. The van der Waals surface area contributed by atoms with Crippen molar-refractivity contribution >= 4 is 33.4 Å². The van der Waals surface area contributed by atoms with E-state index >= 15 is 0 Å². The molecule has 6 rings (SSSR count). The van der Waals surface area contributed by atoms with E-state index in [-0.39, 0.29) is 35.9 Å². The minimum Gasteiger partial charge on any atom is -0.497 e. The van der Waals surface area contributed by atoms with Gasteiger partial charge in [-0.1, -0.05) is 24.3 Å². The van der Waals surface area contributed by atoms with Crippen LogP contribution in [0.5, 0.6) is 11.5 Å². The Morgan fingerprint density at radius 2 is 1.06 bits per heavy atom. The van der Waals surface area contributed by atoms with E-state index in [1.165, 1.54) is 38.5 Å². The lowest BCUT2D eigenvalue weighted by Gasteiger charge is -2.16. The van der Waals surface area contributed by atoms with Crippen molar-refractivity contribution in [1.82, 2.24) is 9.97 Å². The van der Waals surface area contributed by atoms with Gasteiger partial charge in [0.05, 0.1) is 50.7 Å². The highest BCUT2D eigenvalue weighted by molar-refractivity contribution is 6.01. The quantitative estimate of drug-likeness (QED) is 0.0942. The van der Waals surface area contributed by atoms with Crippen molar-refractivity contribution in [3.8, 4) is 45.9 Å². The van der Waals surface area contributed by atoms with E-state index in [0.29, 0.717) is 55.6 Å². The molecule has 54 heavy (non-hydrogen) atoms. The lowest BCUT2D eigenvalue weighted by molar-refractivity contribution is 0.105. The zero-order valence-electron chi connectivity index (χ0n) is 29.2. The molecule has 2 atom stereocenters. The highest BCUT2D eigenvalue weighted by Crippen LogP contribution is 2.38. The summed E-state index contributed by atoms with van der Waals surface area (Å²) in [6.45, 7) is -0.808. The average molecular weight is 735 g/mol. The van der Waals surface area contributed by atoms with Gasteiger partial charge in [-0.25, -0.2) is 18.7 Å². The van der Waals surface area contributed by atoms with Gasteiger partial charge < -0.3 is 40.5 Å². The first-order valence-electron chi connectivity index (χ1n) is 16.6. The number of ether oxygens (including phenoxy) is 2. The molecule has 0 fully saturated rings. The predicted molar refractivity (Wildman–Crippen MR) is 200 cm³/mol. The van der Waals surface area contributed by atoms with Gasteiger partial charge in [0.2, 0.25) is 0 Å². The predicted octanol–water partition coefficient (Wildman–Crippen LogP) is 5.37. The van der Waals surface area contributed by atoms with Gasteiger partial charge in [0.1, 0.15) is 58.0 Å². The van der Waals surface area contributed by atoms with Gasteiger partial charge in [0.25, 0.3) is 0 Å². The molecule has 0 aliphatic rings. The minimum atomic E-state index is -0.998. The van der Waals surface area contributed by atoms with Crippen molar-refractivity contribution in [3.05, 3.63) is 108 Å². The number of aliphatic hydroxyl groups is 4. The number of nitrogens with one attached hydrogen (secondary N) is 2. The first-order valence-corrected chi connectivity index (χ1v) is 16.6. The number of fused-ring (bicyclic) bond motifs is 2. The van der Waals surface area contributed by atoms with E-state index in [2.05, 4.69) is 32.7 Å². The summed E-state index contributed by atoms with van der Waals surface area (Å²) in [6.07, 6.45) is -2.00. The number of methoxy groups -OCH3 is 2. The van der Waals surface area contributed by atoms with Gasteiger partial charge in [-0.05, 0) is 71.8 Å². The zero-order valence-corrected chi connectivity index (χ0v) is 29.2. The van der Waals surface area contributed by atoms with Crippen LogP contribution in [0.1, 0.15) is 11.1 Å². The first kappa shape index (κ1) is 38.8. The maximum absolute atomic E-state index is 13.8. The Kier molecular flexibility index (Phi) is 12.8. The molecule has 0 unspecified atom stereocenters. The Balaban J connectivity index is 0.000000208. The van der Waals surface area contributed by atoms with Crippen molar-refractivity contribution in [3.63, 3.8) is 0 Å². The summed E-state index contributed by atoms with van der Waals surface area (Å²) in [5, 5.41) is 63.8. The van der Waals surface area contributed by atoms with E-state index in [0.717, 1.165) is 0 Å². The molecular formula is C40H36F2N6O6. The number of benzene rings is 4. The summed E-state index contributed by atoms with van der Waals surface area (Å²) < 4.78 is 38.2. The van der Waals surface area contributed by atoms with Gasteiger partial charge in [0, 0.05) is 35.0 Å². The third kappa shape index (κ3) is 8.78. The van der Waals surface area contributed by atoms with Crippen molar-refractivity contribution in [1.29, 1.82) is 10.5 Å². The van der Waals surface area contributed by atoms with Crippen LogP contribution in [0, 0.1) is 34.3 Å². The summed E-state index contributed by atoms with van der Waals surface area (Å²) in [7, 11) is 3.07. The second kappa shape index (κ2) is 17.9. The molecule has 2 aromatic heterocycles. The highest BCUT2D eigenvalue weighted by atomic mass is 19.1. The van der Waals surface area contributed by atoms with Crippen LogP contribution in [0.2, 0.25) is 0 Å². The Hall–Kier alpha value is -6.42. The van der Waals surface area contributed by atoms with Gasteiger partial charge in [0.15, 0.2) is 0 Å². The van der Waals surface area contributed by atoms with Crippen molar-refractivity contribution < 1.29 is 38.7 Å². The molecule has 0 aliphatic carbocycles. The number of aromatic nitrogens is 2. The Labute approximate surface area is 309 Å². The summed E-state index contributed by atoms with van der Waals surface area (Å²) >= 11 is 0. The van der Waals surface area contributed by atoms with Crippen molar-refractivity contribution in [2.45, 2.75) is 12.2 Å². The van der Waals surface area contributed by atoms with Crippen LogP contribution in [0.4, 0.5) is 20.4 Å². The third-order valence-electron chi connectivity index (χ3n) is 8.27. The SMILES string of the molecule is COc1ccc2nc(NC[C@@H](O)CO)c(C#N)c(-c3cccc(F)c3)c2c1.COc1ccc2nc(NC[C@H](O)CO)c(C#N)c(-c3cccc(F)c3)c2c1. The monoisotopic (exact) mass is 734 g/mol. The van der Waals surface area contributed by atoms with Gasteiger partial charge in [-0.15, -0.1) is 0 Å². The summed E-state index contributed by atoms with van der Waals surface area (Å²) in [6, 6.07) is 26.6. The molecule has 0 saturated carbocycles. The largest absolute Gasteiger partial charge is 0.497 e. The minimum absolute atomic E-state index is 0.0163. The molecule has 4 aromatic carbocycles. The number of anilines is 2. The number of hydrogen-bond donors (Lipinski definition) is 6. The number of rotatable bonds is 12. The number of hydrogen-bond acceptors (Lipinski definition) is 12. The smallest absolute Gasteiger partial charge is 0.145 e. The first-order chi connectivity index (χ1) is 26.1. The lowest BCUT2D eigenvalue weighted by Crippen LogP contribution is -2.23. The molecule has 14 heteroatoms. The zero-order chi connectivity index (χ0) is 38.8. The fraction of sp³-hybridized carbons (Fsp3) is 0.200. The van der Waals surface area contributed by atoms with E-state index in [9.17, 15) is 29.5 Å². The molecule has 0 aliphatic heterocycles. The maximum Gasteiger partial charge on any atom is 0.145 e. The van der Waals surface area contributed by atoms with E-state index in [1.807, 2.05) is 0 Å². The maximum atomic E-state index is 13.8. The molecule has 0 spiro atoms. The molecule has 6 aromatic rings. The molecule has 0 bridgehead atoms. The van der Waals surface area contributed by atoms with Gasteiger partial charge in [-0.2, -0.15) is 10.5 Å². The summed E-state index contributed by atoms with van der Waals surface area (Å²) in [5.41, 5.74) is 3.67. The average Bonchev–Trinajstić information content (AvgIpc) is 3.20. The molecule has 0 radical (unpaired) electrons. The molecule has 0 saturated heterocycles. The van der Waals surface area contributed by atoms with E-state index in [4.69, 9.17) is 19.7 Å². The molecular weight excluding hydrogens is 698 g/mol. The van der Waals surface area contributed by atoms with Crippen LogP contribution >= 0.6 is 0 Å². The topological polar surface area (TPSA) is 197 Å². The molecule has 0 amide bonds. The van der Waals surface area contributed by atoms with Crippen LogP contribution in [-0.2, 0) is 0 Å². The van der Waals surface area contributed by atoms with Crippen LogP contribution in [0.3, 0.4) is 0 Å². The number of aliphatic hydroxyl groups excluding tert-OH is 4. The second-order valence-electron chi connectivity index (χ2n) is 11.9. The van der Waals surface area contributed by atoms with E-state index in [1.54, 1.807) is 60.7 Å². The van der Waals surface area contributed by atoms with Crippen molar-refractivity contribution in [2.75, 3.05) is 51.2 Å². The van der Waals surface area contributed by atoms with Crippen molar-refractivity contribution in [2.24, 2.45) is 0 Å². The summed E-state index contributed by atoms with van der Waals surface area (Å²) in [5.74, 6) is 0.831. The fourth-order valence-corrected chi connectivity index (χ4v) is 5.66. The normalized spacial score (nSPS) is 11.8. The van der Waals surface area contributed by atoms with E-state index < -0.39 is 37.1 Å². The number of nitrogens with zero attached hydrogens (tertiary/aromatic N) is 4. The molecule has 276 valence electrons. The molecule has 6 N–H and O–H groups in total. The van der Waals surface area contributed by atoms with Crippen LogP contribution in [0.25, 0.3) is 44.1 Å². The fourth-order valence-electron chi connectivity index (χ4n) is 5.66. The summed E-state index contributed by atoms with van der Waals surface area (Å²) in [4.78, 5) is 8.92. The second-order valence-corrected chi connectivity index (χ2v) is 11.9. The number of pyridine rings is 2. The molecule has 2 heterocycles. The number of nitriles is 2. The Morgan fingerprint density at radius 1 is 0.648 bits per heavy atom.